The Morgan fingerprint density at radius 1 is 1.11 bits per heavy atom. The summed E-state index contributed by atoms with van der Waals surface area (Å²) in [5, 5.41) is 6.16. The molecule has 1 aromatic carbocycles. The molecule has 0 spiro atoms. The van der Waals surface area contributed by atoms with Crippen molar-refractivity contribution in [2.45, 2.75) is 64.0 Å². The van der Waals surface area contributed by atoms with Crippen molar-refractivity contribution in [1.82, 2.24) is 10.6 Å². The van der Waals surface area contributed by atoms with Gasteiger partial charge in [-0.3, -0.25) is 14.4 Å². The molecule has 0 unspecified atom stereocenters. The van der Waals surface area contributed by atoms with E-state index in [4.69, 9.17) is 16.3 Å². The Kier molecular flexibility index (Phi) is 8.58. The minimum Gasteiger partial charge on any atom is -0.452 e. The van der Waals surface area contributed by atoms with Gasteiger partial charge in [0, 0.05) is 23.2 Å². The summed E-state index contributed by atoms with van der Waals surface area (Å²) < 4.78 is 5.17. The number of carbonyl (C=O) groups excluding carboxylic acids is 3. The highest BCUT2D eigenvalue weighted by Gasteiger charge is 2.21. The summed E-state index contributed by atoms with van der Waals surface area (Å²) in [7, 11) is 0. The van der Waals surface area contributed by atoms with Crippen molar-refractivity contribution in [3.8, 4) is 0 Å². The van der Waals surface area contributed by atoms with Gasteiger partial charge in [-0.15, -0.1) is 0 Å². The molecule has 0 saturated heterocycles. The second-order valence-electron chi connectivity index (χ2n) is 6.84. The van der Waals surface area contributed by atoms with Gasteiger partial charge in [0.25, 0.3) is 11.8 Å². The van der Waals surface area contributed by atoms with Gasteiger partial charge in [0.05, 0.1) is 6.42 Å². The Labute approximate surface area is 165 Å². The van der Waals surface area contributed by atoms with Crippen molar-refractivity contribution >= 4 is 29.4 Å². The van der Waals surface area contributed by atoms with E-state index in [0.29, 0.717) is 10.6 Å². The number of hydrogen-bond acceptors (Lipinski definition) is 4. The van der Waals surface area contributed by atoms with Crippen LogP contribution >= 0.6 is 11.6 Å². The van der Waals surface area contributed by atoms with E-state index >= 15 is 0 Å². The van der Waals surface area contributed by atoms with Crippen molar-refractivity contribution < 1.29 is 19.1 Å². The molecule has 0 aromatic heterocycles. The lowest BCUT2D eigenvalue weighted by atomic mass is 10.1. The molecular formula is C20H27ClN2O4. The number of benzene rings is 1. The van der Waals surface area contributed by atoms with E-state index in [0.717, 1.165) is 25.7 Å². The Hall–Kier alpha value is -2.08. The third-order valence-corrected chi connectivity index (χ3v) is 4.85. The second kappa shape index (κ2) is 10.9. The minimum atomic E-state index is -0.840. The summed E-state index contributed by atoms with van der Waals surface area (Å²) >= 11 is 5.78. The van der Waals surface area contributed by atoms with Gasteiger partial charge in [-0.05, 0) is 44.0 Å². The van der Waals surface area contributed by atoms with Crippen LogP contribution in [-0.4, -0.2) is 36.5 Å². The Bertz CT molecular complexity index is 640. The molecule has 1 saturated carbocycles. The molecule has 1 aliphatic carbocycles. The summed E-state index contributed by atoms with van der Waals surface area (Å²) in [6.45, 7) is 1.70. The van der Waals surface area contributed by atoms with Crippen LogP contribution in [0.5, 0.6) is 0 Å². The fraction of sp³-hybridized carbons (Fsp3) is 0.550. The molecule has 2 N–H and O–H groups in total. The second-order valence-corrected chi connectivity index (χ2v) is 7.28. The molecule has 2 amide bonds. The number of ether oxygens (including phenoxy) is 1. The maximum atomic E-state index is 12.2. The van der Waals surface area contributed by atoms with Crippen LogP contribution in [-0.2, 0) is 14.3 Å². The maximum absolute atomic E-state index is 12.2. The number of halogens is 1. The van der Waals surface area contributed by atoms with Crippen LogP contribution < -0.4 is 10.6 Å². The fourth-order valence-corrected chi connectivity index (χ4v) is 3.16. The van der Waals surface area contributed by atoms with Gasteiger partial charge in [0.15, 0.2) is 6.10 Å². The highest BCUT2D eigenvalue weighted by atomic mass is 35.5. The molecule has 6 nitrogen and oxygen atoms in total. The van der Waals surface area contributed by atoms with Gasteiger partial charge in [0.2, 0.25) is 0 Å². The van der Waals surface area contributed by atoms with Crippen molar-refractivity contribution in [2.75, 3.05) is 6.54 Å². The first-order valence-electron chi connectivity index (χ1n) is 9.49. The lowest BCUT2D eigenvalue weighted by Crippen LogP contribution is -2.42. The van der Waals surface area contributed by atoms with Gasteiger partial charge in [-0.25, -0.2) is 0 Å². The summed E-state index contributed by atoms with van der Waals surface area (Å²) in [5.74, 6) is -1.08. The third-order valence-electron chi connectivity index (χ3n) is 4.60. The smallest absolute Gasteiger partial charge is 0.308 e. The molecule has 1 atom stereocenters. The van der Waals surface area contributed by atoms with Crippen LogP contribution in [0.25, 0.3) is 0 Å². The van der Waals surface area contributed by atoms with Crippen LogP contribution in [0.15, 0.2) is 24.3 Å². The molecule has 7 heteroatoms. The topological polar surface area (TPSA) is 84.5 Å². The summed E-state index contributed by atoms with van der Waals surface area (Å²) in [6, 6.07) is 6.63. The lowest BCUT2D eigenvalue weighted by molar-refractivity contribution is -0.155. The molecule has 0 aliphatic heterocycles. The van der Waals surface area contributed by atoms with Gasteiger partial charge in [0.1, 0.15) is 0 Å². The predicted molar refractivity (Wildman–Crippen MR) is 104 cm³/mol. The predicted octanol–water partition coefficient (Wildman–Crippen LogP) is 3.23. The summed E-state index contributed by atoms with van der Waals surface area (Å²) in [4.78, 5) is 36.0. The number of carbonyl (C=O) groups is 3. The molecule has 1 aliphatic rings. The molecule has 2 rings (SSSR count). The monoisotopic (exact) mass is 394 g/mol. The first-order valence-corrected chi connectivity index (χ1v) is 9.87. The Balaban J connectivity index is 1.67. The van der Waals surface area contributed by atoms with Crippen LogP contribution in [0.3, 0.4) is 0 Å². The van der Waals surface area contributed by atoms with E-state index in [-0.39, 0.29) is 30.8 Å². The lowest BCUT2D eigenvalue weighted by Gasteiger charge is -2.19. The number of hydrogen-bond donors (Lipinski definition) is 2. The number of esters is 1. The van der Waals surface area contributed by atoms with Gasteiger partial charge < -0.3 is 15.4 Å². The van der Waals surface area contributed by atoms with E-state index < -0.39 is 12.1 Å². The quantitative estimate of drug-likeness (QED) is 0.549. The average molecular weight is 395 g/mol. The summed E-state index contributed by atoms with van der Waals surface area (Å²) in [5.41, 5.74) is 0.462. The largest absolute Gasteiger partial charge is 0.452 e. The molecule has 148 valence electrons. The van der Waals surface area contributed by atoms with E-state index in [2.05, 4.69) is 10.6 Å². The number of amides is 2. The first kappa shape index (κ1) is 21.2. The van der Waals surface area contributed by atoms with Gasteiger partial charge >= 0.3 is 5.97 Å². The first-order chi connectivity index (χ1) is 13.0. The fourth-order valence-electron chi connectivity index (χ4n) is 3.03. The van der Waals surface area contributed by atoms with E-state index in [1.807, 2.05) is 0 Å². The third kappa shape index (κ3) is 7.59. The van der Waals surface area contributed by atoms with Gasteiger partial charge in [-0.2, -0.15) is 0 Å². The van der Waals surface area contributed by atoms with Crippen molar-refractivity contribution in [3.05, 3.63) is 34.9 Å². The molecule has 27 heavy (non-hydrogen) atoms. The van der Waals surface area contributed by atoms with Crippen LogP contribution in [0.4, 0.5) is 0 Å². The standard InChI is InChI=1S/C20H27ClN2O4/c1-14(19(25)23-17-6-4-2-3-5-7-17)27-18(24)12-13-22-20(26)15-8-10-16(21)11-9-15/h8-11,14,17H,2-7,12-13H2,1H3,(H,22,26)(H,23,25)/t14-/m1/s1. The van der Waals surface area contributed by atoms with Gasteiger partial charge in [-0.1, -0.05) is 37.3 Å². The van der Waals surface area contributed by atoms with Crippen LogP contribution in [0, 0.1) is 0 Å². The molecule has 0 bridgehead atoms. The Morgan fingerprint density at radius 3 is 2.37 bits per heavy atom. The zero-order valence-corrected chi connectivity index (χ0v) is 16.4. The number of rotatable bonds is 7. The molecule has 0 radical (unpaired) electrons. The van der Waals surface area contributed by atoms with Crippen LogP contribution in [0.1, 0.15) is 62.2 Å². The minimum absolute atomic E-state index is 0.000375. The highest BCUT2D eigenvalue weighted by Crippen LogP contribution is 2.17. The van der Waals surface area contributed by atoms with Crippen molar-refractivity contribution in [3.63, 3.8) is 0 Å². The average Bonchev–Trinajstić information content (AvgIpc) is 2.90. The molecule has 1 aromatic rings. The van der Waals surface area contributed by atoms with E-state index in [9.17, 15) is 14.4 Å². The highest BCUT2D eigenvalue weighted by molar-refractivity contribution is 6.30. The molecule has 1 fully saturated rings. The Morgan fingerprint density at radius 2 is 1.74 bits per heavy atom. The maximum Gasteiger partial charge on any atom is 0.308 e. The molecular weight excluding hydrogens is 368 g/mol. The van der Waals surface area contributed by atoms with Crippen molar-refractivity contribution in [2.24, 2.45) is 0 Å². The van der Waals surface area contributed by atoms with Crippen molar-refractivity contribution in [1.29, 1.82) is 0 Å². The normalized spacial score (nSPS) is 16.1. The van der Waals surface area contributed by atoms with Crippen LogP contribution in [0.2, 0.25) is 5.02 Å². The SMILES string of the molecule is C[C@@H](OC(=O)CCNC(=O)c1ccc(Cl)cc1)C(=O)NC1CCCCCC1. The molecule has 0 heterocycles. The summed E-state index contributed by atoms with van der Waals surface area (Å²) in [6.07, 6.45) is 5.76. The number of nitrogens with one attached hydrogen (secondary N) is 2. The van der Waals surface area contributed by atoms with E-state index in [1.165, 1.54) is 12.8 Å². The van der Waals surface area contributed by atoms with E-state index in [1.54, 1.807) is 31.2 Å². The zero-order chi connectivity index (χ0) is 19.6. The zero-order valence-electron chi connectivity index (χ0n) is 15.6.